The largest absolute Gasteiger partial charge is 0.454 e. The quantitative estimate of drug-likeness (QED) is 0.679. The minimum Gasteiger partial charge on any atom is -0.454 e. The highest BCUT2D eigenvalue weighted by atomic mass is 32.1. The van der Waals surface area contributed by atoms with Gasteiger partial charge in [0.1, 0.15) is 0 Å². The number of aryl methyl sites for hydroxylation is 1. The number of fused-ring (bicyclic) bond motifs is 1. The van der Waals surface area contributed by atoms with Crippen LogP contribution >= 0.6 is 12.2 Å². The smallest absolute Gasteiger partial charge is 0.246 e. The maximum atomic E-state index is 5.35. The molecule has 0 radical (unpaired) electrons. The molecule has 3 aromatic rings. The lowest BCUT2D eigenvalue weighted by Gasteiger charge is -2.09. The van der Waals surface area contributed by atoms with E-state index in [2.05, 4.69) is 20.8 Å². The maximum absolute atomic E-state index is 5.35. The lowest BCUT2D eigenvalue weighted by Crippen LogP contribution is -2.27. The van der Waals surface area contributed by atoms with E-state index in [0.29, 0.717) is 29.1 Å². The van der Waals surface area contributed by atoms with Crippen molar-refractivity contribution in [3.05, 3.63) is 53.9 Å². The zero-order valence-electron chi connectivity index (χ0n) is 14.0. The molecule has 2 heterocycles. The van der Waals surface area contributed by atoms with Crippen molar-refractivity contribution >= 4 is 23.0 Å². The van der Waals surface area contributed by atoms with Gasteiger partial charge in [-0.2, -0.15) is 4.98 Å². The number of ether oxygens (including phenoxy) is 2. The van der Waals surface area contributed by atoms with Crippen LogP contribution in [0.3, 0.4) is 0 Å². The normalized spacial score (nSPS) is 12.0. The Balaban J connectivity index is 1.36. The second-order valence-corrected chi connectivity index (χ2v) is 6.11. The average molecular weight is 368 g/mol. The summed E-state index contributed by atoms with van der Waals surface area (Å²) in [5.74, 6) is 2.44. The van der Waals surface area contributed by atoms with Gasteiger partial charge in [0, 0.05) is 17.3 Å². The van der Waals surface area contributed by atoms with Gasteiger partial charge in [0.25, 0.3) is 0 Å². The number of nitrogens with one attached hydrogen (secondary N) is 2. The van der Waals surface area contributed by atoms with Gasteiger partial charge in [0.05, 0.1) is 6.54 Å². The summed E-state index contributed by atoms with van der Waals surface area (Å²) in [6.07, 6.45) is 0. The van der Waals surface area contributed by atoms with Gasteiger partial charge >= 0.3 is 0 Å². The molecule has 4 rings (SSSR count). The van der Waals surface area contributed by atoms with Crippen molar-refractivity contribution in [3.63, 3.8) is 0 Å². The summed E-state index contributed by atoms with van der Waals surface area (Å²) in [7, 11) is 0. The van der Waals surface area contributed by atoms with Crippen LogP contribution in [0.25, 0.3) is 11.4 Å². The fraction of sp³-hybridized carbons (Fsp3) is 0.167. The van der Waals surface area contributed by atoms with Gasteiger partial charge < -0.3 is 24.6 Å². The molecule has 0 bridgehead atoms. The van der Waals surface area contributed by atoms with E-state index in [1.807, 2.05) is 49.4 Å². The monoisotopic (exact) mass is 368 g/mol. The number of thiocarbonyl (C=S) groups is 1. The van der Waals surface area contributed by atoms with E-state index >= 15 is 0 Å². The molecule has 0 atom stereocenters. The van der Waals surface area contributed by atoms with Crippen molar-refractivity contribution in [3.8, 4) is 22.9 Å². The molecule has 2 N–H and O–H groups in total. The first-order valence-electron chi connectivity index (χ1n) is 8.02. The molecule has 0 spiro atoms. The third kappa shape index (κ3) is 3.45. The van der Waals surface area contributed by atoms with Gasteiger partial charge in [0.2, 0.25) is 18.5 Å². The van der Waals surface area contributed by atoms with Crippen LogP contribution in [-0.2, 0) is 6.54 Å². The Bertz CT molecular complexity index is 957. The molecule has 132 valence electrons. The first kappa shape index (κ1) is 16.3. The predicted molar refractivity (Wildman–Crippen MR) is 100 cm³/mol. The van der Waals surface area contributed by atoms with E-state index in [1.54, 1.807) is 0 Å². The Kier molecular flexibility index (Phi) is 4.40. The molecule has 1 aliphatic rings. The predicted octanol–water partition coefficient (Wildman–Crippen LogP) is 3.26. The van der Waals surface area contributed by atoms with Crippen LogP contribution in [0.2, 0.25) is 0 Å². The van der Waals surface area contributed by atoms with Crippen LogP contribution in [-0.4, -0.2) is 22.0 Å². The molecule has 0 aliphatic carbocycles. The molecule has 26 heavy (non-hydrogen) atoms. The van der Waals surface area contributed by atoms with Crippen LogP contribution in [0.5, 0.6) is 11.5 Å². The minimum absolute atomic E-state index is 0.238. The Hall–Kier alpha value is -3.13. The molecule has 0 fully saturated rings. The Morgan fingerprint density at radius 3 is 2.88 bits per heavy atom. The number of rotatable bonds is 4. The molecule has 0 amide bonds. The molecule has 1 aromatic heterocycles. The van der Waals surface area contributed by atoms with E-state index < -0.39 is 0 Å². The number of aromatic nitrogens is 2. The van der Waals surface area contributed by atoms with Crippen LogP contribution in [0.15, 0.2) is 47.0 Å². The third-order valence-electron chi connectivity index (χ3n) is 3.88. The van der Waals surface area contributed by atoms with E-state index in [1.165, 1.54) is 0 Å². The molecule has 7 nitrogen and oxygen atoms in total. The van der Waals surface area contributed by atoms with Crippen molar-refractivity contribution in [2.24, 2.45) is 0 Å². The lowest BCUT2D eigenvalue weighted by molar-refractivity contribution is 0.174. The number of nitrogens with zero attached hydrogens (tertiary/aromatic N) is 2. The molecular weight excluding hydrogens is 352 g/mol. The Labute approximate surface area is 155 Å². The molecule has 0 saturated heterocycles. The molecule has 0 saturated carbocycles. The van der Waals surface area contributed by atoms with E-state index in [0.717, 1.165) is 22.6 Å². The lowest BCUT2D eigenvalue weighted by atomic mass is 10.1. The highest BCUT2D eigenvalue weighted by Gasteiger charge is 2.14. The summed E-state index contributed by atoms with van der Waals surface area (Å²) in [6, 6.07) is 13.4. The highest BCUT2D eigenvalue weighted by molar-refractivity contribution is 7.80. The van der Waals surface area contributed by atoms with Crippen molar-refractivity contribution < 1.29 is 14.0 Å². The molecule has 0 unspecified atom stereocenters. The van der Waals surface area contributed by atoms with Crippen molar-refractivity contribution in [1.29, 1.82) is 0 Å². The van der Waals surface area contributed by atoms with Gasteiger partial charge in [-0.15, -0.1) is 0 Å². The Morgan fingerprint density at radius 2 is 2.00 bits per heavy atom. The van der Waals surface area contributed by atoms with Crippen LogP contribution in [0, 0.1) is 6.92 Å². The van der Waals surface area contributed by atoms with Crippen LogP contribution < -0.4 is 20.1 Å². The van der Waals surface area contributed by atoms with E-state index in [-0.39, 0.29) is 6.79 Å². The average Bonchev–Trinajstić information content (AvgIpc) is 3.29. The third-order valence-corrected chi connectivity index (χ3v) is 4.13. The van der Waals surface area contributed by atoms with Crippen molar-refractivity contribution in [2.75, 3.05) is 12.1 Å². The van der Waals surface area contributed by atoms with Crippen molar-refractivity contribution in [2.45, 2.75) is 13.5 Å². The molecule has 1 aliphatic heterocycles. The number of benzene rings is 2. The number of hydrogen-bond donors (Lipinski definition) is 2. The number of hydrogen-bond acceptors (Lipinski definition) is 6. The fourth-order valence-electron chi connectivity index (χ4n) is 2.57. The SMILES string of the molecule is Cc1ccccc1-c1noc(CNC(=S)Nc2ccc3c(c2)OCO3)n1. The molecule has 2 aromatic carbocycles. The second-order valence-electron chi connectivity index (χ2n) is 5.70. The molecule has 8 heteroatoms. The summed E-state index contributed by atoms with van der Waals surface area (Å²) in [5.41, 5.74) is 2.84. The summed E-state index contributed by atoms with van der Waals surface area (Å²) in [4.78, 5) is 4.40. The summed E-state index contributed by atoms with van der Waals surface area (Å²) < 4.78 is 15.9. The zero-order chi connectivity index (χ0) is 17.9. The van der Waals surface area contributed by atoms with Crippen molar-refractivity contribution in [1.82, 2.24) is 15.5 Å². The van der Waals surface area contributed by atoms with Gasteiger partial charge in [-0.05, 0) is 36.8 Å². The standard InChI is InChI=1S/C18H16N4O3S/c1-11-4-2-3-5-13(11)17-21-16(25-22-17)9-19-18(26)20-12-6-7-14-15(8-12)24-10-23-14/h2-8H,9-10H2,1H3,(H2,19,20,26). The minimum atomic E-state index is 0.238. The van der Waals surface area contributed by atoms with Gasteiger partial charge in [-0.3, -0.25) is 0 Å². The van der Waals surface area contributed by atoms with Gasteiger partial charge in [-0.1, -0.05) is 29.4 Å². The summed E-state index contributed by atoms with van der Waals surface area (Å²) in [6.45, 7) is 2.57. The zero-order valence-corrected chi connectivity index (χ0v) is 14.8. The first-order valence-corrected chi connectivity index (χ1v) is 8.43. The summed E-state index contributed by atoms with van der Waals surface area (Å²) in [5, 5.41) is 10.6. The maximum Gasteiger partial charge on any atom is 0.246 e. The van der Waals surface area contributed by atoms with Crippen LogP contribution in [0.1, 0.15) is 11.5 Å². The van der Waals surface area contributed by atoms with Gasteiger partial charge in [-0.25, -0.2) is 0 Å². The topological polar surface area (TPSA) is 81.4 Å². The van der Waals surface area contributed by atoms with E-state index in [4.69, 9.17) is 26.2 Å². The van der Waals surface area contributed by atoms with Gasteiger partial charge in [0.15, 0.2) is 16.6 Å². The Morgan fingerprint density at radius 1 is 1.15 bits per heavy atom. The molecular formula is C18H16N4O3S. The fourth-order valence-corrected chi connectivity index (χ4v) is 2.76. The highest BCUT2D eigenvalue weighted by Crippen LogP contribution is 2.34. The van der Waals surface area contributed by atoms with Crippen LogP contribution in [0.4, 0.5) is 5.69 Å². The van der Waals surface area contributed by atoms with E-state index in [9.17, 15) is 0 Å². The summed E-state index contributed by atoms with van der Waals surface area (Å²) >= 11 is 5.30. The first-order chi connectivity index (χ1) is 12.7. The number of anilines is 1. The second kappa shape index (κ2) is 7.01.